The van der Waals surface area contributed by atoms with Gasteiger partial charge >= 0.3 is 0 Å². The molecule has 0 radical (unpaired) electrons. The van der Waals surface area contributed by atoms with Crippen molar-refractivity contribution < 1.29 is 14.3 Å². The zero-order valence-corrected chi connectivity index (χ0v) is 19.8. The molecule has 0 aromatic carbocycles. The van der Waals surface area contributed by atoms with Crippen LogP contribution in [-0.2, 0) is 4.74 Å². The van der Waals surface area contributed by atoms with Crippen LogP contribution in [0.2, 0.25) is 5.15 Å². The van der Waals surface area contributed by atoms with E-state index < -0.39 is 0 Å². The molecule has 4 heterocycles. The van der Waals surface area contributed by atoms with Crippen molar-refractivity contribution in [2.75, 3.05) is 19.0 Å². The van der Waals surface area contributed by atoms with Crippen molar-refractivity contribution in [3.63, 3.8) is 0 Å². The van der Waals surface area contributed by atoms with Crippen LogP contribution in [0.15, 0.2) is 28.9 Å². The van der Waals surface area contributed by atoms with E-state index in [2.05, 4.69) is 25.5 Å². The van der Waals surface area contributed by atoms with Crippen molar-refractivity contribution in [1.82, 2.24) is 20.2 Å². The summed E-state index contributed by atoms with van der Waals surface area (Å²) >= 11 is 9.13. The summed E-state index contributed by atoms with van der Waals surface area (Å²) in [5, 5.41) is 12.3. The lowest BCUT2D eigenvalue weighted by atomic mass is 10.0. The molecule has 2 fully saturated rings. The largest absolute Gasteiger partial charge is 0.494 e. The topological polar surface area (TPSA) is 99.1 Å². The fourth-order valence-corrected chi connectivity index (χ4v) is 6.10. The lowest BCUT2D eigenvalue weighted by molar-refractivity contribution is 0.0912. The van der Waals surface area contributed by atoms with Crippen LogP contribution in [0.25, 0.3) is 11.1 Å². The number of anilines is 1. The molecule has 5 rings (SSSR count). The van der Waals surface area contributed by atoms with Crippen molar-refractivity contribution in [1.29, 1.82) is 0 Å². The molecule has 1 saturated heterocycles. The molecular weight excluding hydrogens is 470 g/mol. The molecule has 0 bridgehead atoms. The van der Waals surface area contributed by atoms with Crippen LogP contribution >= 0.6 is 34.7 Å². The third-order valence-electron chi connectivity index (χ3n) is 5.51. The van der Waals surface area contributed by atoms with Gasteiger partial charge in [-0.2, -0.15) is 0 Å². The van der Waals surface area contributed by atoms with Gasteiger partial charge in [-0.05, 0) is 38.3 Å². The van der Waals surface area contributed by atoms with E-state index in [4.69, 9.17) is 21.1 Å². The highest BCUT2D eigenvalue weighted by molar-refractivity contribution is 8.01. The van der Waals surface area contributed by atoms with Crippen molar-refractivity contribution in [3.8, 4) is 16.9 Å². The van der Waals surface area contributed by atoms with Crippen molar-refractivity contribution in [2.24, 2.45) is 0 Å². The van der Waals surface area contributed by atoms with Crippen LogP contribution in [0.1, 0.15) is 35.3 Å². The van der Waals surface area contributed by atoms with Crippen molar-refractivity contribution in [3.05, 3.63) is 40.9 Å². The molecule has 1 N–H and O–H groups in total. The molecule has 1 aliphatic carbocycles. The van der Waals surface area contributed by atoms with Gasteiger partial charge in [0.25, 0.3) is 5.91 Å². The predicted molar refractivity (Wildman–Crippen MR) is 124 cm³/mol. The summed E-state index contributed by atoms with van der Waals surface area (Å²) in [5.41, 5.74) is 2.57. The van der Waals surface area contributed by atoms with Crippen LogP contribution in [0.4, 0.5) is 5.13 Å². The lowest BCUT2D eigenvalue weighted by Gasteiger charge is -2.13. The summed E-state index contributed by atoms with van der Waals surface area (Å²) < 4.78 is 12.1. The minimum absolute atomic E-state index is 0.130. The summed E-state index contributed by atoms with van der Waals surface area (Å²) in [6.07, 6.45) is 6.43. The highest BCUT2D eigenvalue weighted by Crippen LogP contribution is 2.51. The van der Waals surface area contributed by atoms with Gasteiger partial charge in [0.05, 0.1) is 31.1 Å². The zero-order valence-electron chi connectivity index (χ0n) is 17.4. The maximum Gasteiger partial charge on any atom is 0.259 e. The van der Waals surface area contributed by atoms with E-state index in [1.54, 1.807) is 24.9 Å². The second kappa shape index (κ2) is 8.58. The first kappa shape index (κ1) is 21.6. The molecule has 3 aromatic heterocycles. The minimum Gasteiger partial charge on any atom is -0.494 e. The Morgan fingerprint density at radius 1 is 1.28 bits per heavy atom. The number of amides is 1. The highest BCUT2D eigenvalue weighted by Gasteiger charge is 2.50. The number of ether oxygens (including phenoxy) is 2. The molecule has 2 aliphatic rings. The third-order valence-corrected chi connectivity index (χ3v) is 7.80. The van der Waals surface area contributed by atoms with Crippen LogP contribution in [-0.4, -0.2) is 50.6 Å². The predicted octanol–water partition coefficient (Wildman–Crippen LogP) is 4.63. The maximum absolute atomic E-state index is 13.1. The van der Waals surface area contributed by atoms with E-state index in [-0.39, 0.29) is 11.5 Å². The molecule has 1 atom stereocenters. The highest BCUT2D eigenvalue weighted by atomic mass is 35.5. The van der Waals surface area contributed by atoms with E-state index >= 15 is 0 Å². The Morgan fingerprint density at radius 2 is 2.12 bits per heavy atom. The van der Waals surface area contributed by atoms with Gasteiger partial charge in [-0.25, -0.2) is 4.98 Å². The summed E-state index contributed by atoms with van der Waals surface area (Å²) in [7, 11) is 1.54. The number of hydrogen-bond donors (Lipinski definition) is 1. The molecule has 166 valence electrons. The van der Waals surface area contributed by atoms with Gasteiger partial charge in [-0.15, -0.1) is 10.2 Å². The van der Waals surface area contributed by atoms with Gasteiger partial charge in [0.1, 0.15) is 10.9 Å². The number of rotatable bonds is 6. The minimum atomic E-state index is -0.337. The second-order valence-corrected chi connectivity index (χ2v) is 10.8. The lowest BCUT2D eigenvalue weighted by Crippen LogP contribution is -2.14. The first-order valence-electron chi connectivity index (χ1n) is 10.1. The van der Waals surface area contributed by atoms with E-state index in [1.165, 1.54) is 23.7 Å². The van der Waals surface area contributed by atoms with E-state index in [1.807, 2.05) is 13.0 Å². The molecule has 11 heteroatoms. The van der Waals surface area contributed by atoms with Crippen molar-refractivity contribution >= 4 is 45.7 Å². The van der Waals surface area contributed by atoms with E-state index in [0.717, 1.165) is 35.9 Å². The Hall–Kier alpha value is -2.27. The number of pyridine rings is 2. The number of halogens is 1. The van der Waals surface area contributed by atoms with Crippen LogP contribution in [0.5, 0.6) is 5.75 Å². The Morgan fingerprint density at radius 3 is 2.88 bits per heavy atom. The normalized spacial score (nSPS) is 18.7. The molecule has 32 heavy (non-hydrogen) atoms. The standard InChI is InChI=1S/C21H20ClN5O3S2/c1-11-5-13(14-6-17(22)24-9-16(14)29-2)15(8-23-11)18(28)25-19-26-27-20(32-19)31-12-7-21(3-4-21)30-10-12/h5-6,8-9,12H,3-4,7,10H2,1-2H3,(H,25,26,28). The average molecular weight is 490 g/mol. The number of methoxy groups -OCH3 is 1. The summed E-state index contributed by atoms with van der Waals surface area (Å²) in [6.45, 7) is 2.59. The maximum atomic E-state index is 13.1. The number of aromatic nitrogens is 4. The van der Waals surface area contributed by atoms with Gasteiger partial charge in [0, 0.05) is 28.3 Å². The number of carbonyl (C=O) groups excluding carboxylic acids is 1. The van der Waals surface area contributed by atoms with Crippen molar-refractivity contribution in [2.45, 2.75) is 41.4 Å². The Bertz CT molecular complexity index is 1180. The zero-order chi connectivity index (χ0) is 22.3. The van der Waals surface area contributed by atoms with Crippen LogP contribution in [0, 0.1) is 6.92 Å². The molecule has 1 saturated carbocycles. The number of nitrogens with one attached hydrogen (secondary N) is 1. The molecule has 1 aliphatic heterocycles. The van der Waals surface area contributed by atoms with Crippen LogP contribution < -0.4 is 10.1 Å². The first-order valence-corrected chi connectivity index (χ1v) is 12.1. The number of carbonyl (C=O) groups is 1. The Kier molecular flexibility index (Phi) is 5.79. The quantitative estimate of drug-likeness (QED) is 0.395. The van der Waals surface area contributed by atoms with Gasteiger partial charge in [0.2, 0.25) is 5.13 Å². The fraction of sp³-hybridized carbons (Fsp3) is 0.381. The number of nitrogens with zero attached hydrogens (tertiary/aromatic N) is 4. The second-order valence-electron chi connectivity index (χ2n) is 7.84. The molecule has 1 amide bonds. The first-order chi connectivity index (χ1) is 15.4. The third kappa shape index (κ3) is 4.45. The molecule has 8 nitrogen and oxygen atoms in total. The average Bonchev–Trinajstić information content (AvgIpc) is 3.20. The smallest absolute Gasteiger partial charge is 0.259 e. The van der Waals surface area contributed by atoms with Gasteiger partial charge in [-0.1, -0.05) is 34.7 Å². The molecular formula is C21H20ClN5O3S2. The monoisotopic (exact) mass is 489 g/mol. The molecule has 1 spiro atoms. The summed E-state index contributed by atoms with van der Waals surface area (Å²) in [6, 6.07) is 3.49. The molecule has 1 unspecified atom stereocenters. The van der Waals surface area contributed by atoms with E-state index in [0.29, 0.717) is 38.0 Å². The van der Waals surface area contributed by atoms with Crippen LogP contribution in [0.3, 0.4) is 0 Å². The number of thioether (sulfide) groups is 1. The van der Waals surface area contributed by atoms with Gasteiger partial charge < -0.3 is 9.47 Å². The SMILES string of the molecule is COc1cnc(Cl)cc1-c1cc(C)ncc1C(=O)Nc1nnc(SC2COC3(CC3)C2)s1. The Balaban J connectivity index is 1.35. The fourth-order valence-electron chi connectivity index (χ4n) is 3.74. The van der Waals surface area contributed by atoms with Gasteiger partial charge in [0.15, 0.2) is 4.34 Å². The number of hydrogen-bond acceptors (Lipinski definition) is 9. The van der Waals surface area contributed by atoms with Gasteiger partial charge in [-0.3, -0.25) is 15.1 Å². The summed E-state index contributed by atoms with van der Waals surface area (Å²) in [4.78, 5) is 21.5. The van der Waals surface area contributed by atoms with E-state index in [9.17, 15) is 4.79 Å². The number of aryl methyl sites for hydroxylation is 1. The summed E-state index contributed by atoms with van der Waals surface area (Å²) in [5.74, 6) is 0.173. The molecule has 3 aromatic rings. The Labute approximate surface area is 198 Å².